The molecule has 168 valence electrons. The molecule has 2 N–H and O–H groups in total. The largest absolute Gasteiger partial charge is 0.368 e. The third kappa shape index (κ3) is 6.54. The quantitative estimate of drug-likeness (QED) is 0.527. The van der Waals surface area contributed by atoms with E-state index in [1.54, 1.807) is 6.07 Å². The van der Waals surface area contributed by atoms with Crippen molar-refractivity contribution >= 4 is 64.8 Å². The summed E-state index contributed by atoms with van der Waals surface area (Å²) in [5.74, 6) is 0.761. The van der Waals surface area contributed by atoms with Gasteiger partial charge in [0.15, 0.2) is 0 Å². The molecule has 4 rings (SSSR count). The third-order valence-corrected chi connectivity index (χ3v) is 5.38. The average Bonchev–Trinajstić information content (AvgIpc) is 2.72. The molecule has 10 heteroatoms. The maximum atomic E-state index is 13.4. The van der Waals surface area contributed by atoms with Gasteiger partial charge in [0, 0.05) is 50.3 Å². The molecule has 31 heavy (non-hydrogen) atoms. The lowest BCUT2D eigenvalue weighted by molar-refractivity contribution is 0.158. The fraction of sp³-hybridized carbons (Fsp3) is 0.333. The van der Waals surface area contributed by atoms with Crippen molar-refractivity contribution in [1.82, 2.24) is 19.8 Å². The van der Waals surface area contributed by atoms with Crippen LogP contribution in [0.3, 0.4) is 0 Å². The first-order valence-corrected chi connectivity index (χ1v) is 10.1. The maximum Gasteiger partial charge on any atom is 0.229 e. The summed E-state index contributed by atoms with van der Waals surface area (Å²) in [6, 6.07) is 12.3. The molecule has 1 aliphatic heterocycles. The Labute approximate surface area is 199 Å². The van der Waals surface area contributed by atoms with Crippen LogP contribution in [0.15, 0.2) is 42.5 Å². The van der Waals surface area contributed by atoms with E-state index in [2.05, 4.69) is 37.4 Å². The van der Waals surface area contributed by atoms with Crippen LogP contribution in [0.4, 0.5) is 21.8 Å². The number of anilines is 3. The Morgan fingerprint density at radius 3 is 2.52 bits per heavy atom. The van der Waals surface area contributed by atoms with Gasteiger partial charge in [-0.25, -0.2) is 9.37 Å². The lowest BCUT2D eigenvalue weighted by atomic mass is 10.2. The summed E-state index contributed by atoms with van der Waals surface area (Å²) >= 11 is 5.88. The first-order valence-electron chi connectivity index (χ1n) is 9.72. The number of hydrogen-bond donors (Lipinski definition) is 2. The van der Waals surface area contributed by atoms with Crippen molar-refractivity contribution in [2.24, 2.45) is 0 Å². The minimum atomic E-state index is -0.456. The van der Waals surface area contributed by atoms with Crippen LogP contribution in [0.25, 0.3) is 10.9 Å². The molecule has 0 atom stereocenters. The average molecular weight is 488 g/mol. The van der Waals surface area contributed by atoms with E-state index in [1.165, 1.54) is 12.1 Å². The number of piperazine rings is 1. The van der Waals surface area contributed by atoms with Crippen molar-refractivity contribution < 1.29 is 4.39 Å². The summed E-state index contributed by atoms with van der Waals surface area (Å²) in [6.07, 6.45) is 0. The van der Waals surface area contributed by atoms with Gasteiger partial charge in [-0.2, -0.15) is 4.98 Å². The van der Waals surface area contributed by atoms with Gasteiger partial charge in [0.1, 0.15) is 11.6 Å². The second-order valence-corrected chi connectivity index (χ2v) is 7.65. The van der Waals surface area contributed by atoms with E-state index in [1.807, 2.05) is 24.3 Å². The van der Waals surface area contributed by atoms with Crippen molar-refractivity contribution in [2.45, 2.75) is 0 Å². The topological polar surface area (TPSA) is 56.3 Å². The number of hydrogen-bond acceptors (Lipinski definition) is 6. The van der Waals surface area contributed by atoms with Gasteiger partial charge in [-0.3, -0.25) is 4.90 Å². The lowest BCUT2D eigenvalue weighted by Crippen LogP contribution is -2.45. The summed E-state index contributed by atoms with van der Waals surface area (Å²) in [5, 5.41) is 7.60. The molecule has 0 unspecified atom stereocenters. The molecular formula is C21H26Cl3FN6. The van der Waals surface area contributed by atoms with E-state index in [4.69, 9.17) is 11.6 Å². The normalized spacial score (nSPS) is 14.5. The first kappa shape index (κ1) is 25.4. The van der Waals surface area contributed by atoms with Crippen molar-refractivity contribution in [3.63, 3.8) is 0 Å². The van der Waals surface area contributed by atoms with Crippen LogP contribution in [0, 0.1) is 5.82 Å². The third-order valence-electron chi connectivity index (χ3n) is 5.10. The van der Waals surface area contributed by atoms with Gasteiger partial charge in [-0.05, 0) is 37.4 Å². The van der Waals surface area contributed by atoms with Crippen LogP contribution in [0.5, 0.6) is 0 Å². The predicted molar refractivity (Wildman–Crippen MR) is 131 cm³/mol. The van der Waals surface area contributed by atoms with Crippen LogP contribution < -0.4 is 10.6 Å². The molecule has 2 aromatic carbocycles. The van der Waals surface area contributed by atoms with Crippen molar-refractivity contribution in [1.29, 1.82) is 0 Å². The smallest absolute Gasteiger partial charge is 0.229 e. The molecule has 3 aromatic rings. The SMILES string of the molecule is CN1CCN(CCNc2nc(Nc3ccc(F)c(Cl)c3)nc3ccccc23)CC1.Cl.Cl. The monoisotopic (exact) mass is 486 g/mol. The molecule has 1 aliphatic rings. The van der Waals surface area contributed by atoms with Crippen molar-refractivity contribution in [3.8, 4) is 0 Å². The number of benzene rings is 2. The van der Waals surface area contributed by atoms with Crippen LogP contribution >= 0.6 is 36.4 Å². The summed E-state index contributed by atoms with van der Waals surface area (Å²) in [7, 11) is 2.16. The second-order valence-electron chi connectivity index (χ2n) is 7.24. The molecule has 0 radical (unpaired) electrons. The predicted octanol–water partition coefficient (Wildman–Crippen LogP) is 4.67. The molecule has 0 bridgehead atoms. The molecule has 1 fully saturated rings. The van der Waals surface area contributed by atoms with Gasteiger partial charge < -0.3 is 15.5 Å². The molecule has 0 spiro atoms. The number of likely N-dealkylation sites (N-methyl/N-ethyl adjacent to an activating group) is 1. The number of nitrogens with zero attached hydrogens (tertiary/aromatic N) is 4. The van der Waals surface area contributed by atoms with Gasteiger partial charge >= 0.3 is 0 Å². The first-order chi connectivity index (χ1) is 14.1. The van der Waals surface area contributed by atoms with Crippen molar-refractivity contribution in [3.05, 3.63) is 53.3 Å². The number of halogens is 4. The van der Waals surface area contributed by atoms with Crippen LogP contribution in [0.2, 0.25) is 5.02 Å². The zero-order valence-corrected chi connectivity index (χ0v) is 19.5. The molecule has 0 aliphatic carbocycles. The number of aromatic nitrogens is 2. The van der Waals surface area contributed by atoms with Gasteiger partial charge in [0.2, 0.25) is 5.95 Å². The van der Waals surface area contributed by atoms with Gasteiger partial charge in [-0.15, -0.1) is 24.8 Å². The second kappa shape index (κ2) is 11.6. The van der Waals surface area contributed by atoms with E-state index in [0.29, 0.717) is 11.6 Å². The maximum absolute atomic E-state index is 13.4. The number of rotatable bonds is 6. The zero-order chi connectivity index (χ0) is 20.2. The van der Waals surface area contributed by atoms with Gasteiger partial charge in [0.25, 0.3) is 0 Å². The summed E-state index contributed by atoms with van der Waals surface area (Å²) in [6.45, 7) is 6.13. The van der Waals surface area contributed by atoms with Crippen LogP contribution in [0.1, 0.15) is 0 Å². The number of nitrogens with one attached hydrogen (secondary N) is 2. The molecule has 6 nitrogen and oxygen atoms in total. The van der Waals surface area contributed by atoms with Gasteiger partial charge in [-0.1, -0.05) is 23.7 Å². The summed E-state index contributed by atoms with van der Waals surface area (Å²) < 4.78 is 13.4. The Hall–Kier alpha value is -1.90. The molecule has 1 saturated heterocycles. The van der Waals surface area contributed by atoms with E-state index in [0.717, 1.165) is 56.0 Å². The van der Waals surface area contributed by atoms with Crippen LogP contribution in [-0.4, -0.2) is 66.1 Å². The Bertz CT molecular complexity index is 998. The van der Waals surface area contributed by atoms with E-state index < -0.39 is 5.82 Å². The standard InChI is InChI=1S/C21H24ClFN6.2ClH/c1-28-10-12-29(13-11-28)9-8-24-20-16-4-2-3-5-19(16)26-21(27-20)25-15-6-7-18(23)17(22)14-15;;/h2-7,14H,8-13H2,1H3,(H2,24,25,26,27);2*1H. The molecule has 2 heterocycles. The molecular weight excluding hydrogens is 462 g/mol. The highest BCUT2D eigenvalue weighted by Gasteiger charge is 2.14. The highest BCUT2D eigenvalue weighted by Crippen LogP contribution is 2.25. The number of para-hydroxylation sites is 1. The molecule has 1 aromatic heterocycles. The fourth-order valence-electron chi connectivity index (χ4n) is 3.37. The summed E-state index contributed by atoms with van der Waals surface area (Å²) in [5.41, 5.74) is 1.47. The van der Waals surface area contributed by atoms with Gasteiger partial charge in [0.05, 0.1) is 10.5 Å². The van der Waals surface area contributed by atoms with E-state index >= 15 is 0 Å². The molecule has 0 saturated carbocycles. The Balaban J connectivity index is 0.00000171. The van der Waals surface area contributed by atoms with Crippen LogP contribution in [-0.2, 0) is 0 Å². The Kier molecular flexibility index (Phi) is 9.53. The lowest BCUT2D eigenvalue weighted by Gasteiger charge is -2.32. The minimum Gasteiger partial charge on any atom is -0.368 e. The Morgan fingerprint density at radius 1 is 1.03 bits per heavy atom. The Morgan fingerprint density at radius 2 is 1.77 bits per heavy atom. The molecule has 0 amide bonds. The highest BCUT2D eigenvalue weighted by atomic mass is 35.5. The zero-order valence-electron chi connectivity index (χ0n) is 17.1. The highest BCUT2D eigenvalue weighted by molar-refractivity contribution is 6.31. The fourth-order valence-corrected chi connectivity index (χ4v) is 3.55. The number of fused-ring (bicyclic) bond motifs is 1. The van der Waals surface area contributed by atoms with E-state index in [9.17, 15) is 4.39 Å². The van der Waals surface area contributed by atoms with E-state index in [-0.39, 0.29) is 29.8 Å². The summed E-state index contributed by atoms with van der Waals surface area (Å²) in [4.78, 5) is 14.0. The minimum absolute atomic E-state index is 0. The van der Waals surface area contributed by atoms with Crippen molar-refractivity contribution in [2.75, 3.05) is 56.9 Å².